The first kappa shape index (κ1) is 31.2. The second-order valence-corrected chi connectivity index (χ2v) is 12.8. The summed E-state index contributed by atoms with van der Waals surface area (Å²) < 4.78 is 90.0. The second kappa shape index (κ2) is 14.7. The van der Waals surface area contributed by atoms with Gasteiger partial charge in [0.15, 0.2) is 32.0 Å². The van der Waals surface area contributed by atoms with Crippen LogP contribution < -0.4 is 10.6 Å². The number of sulfone groups is 2. The van der Waals surface area contributed by atoms with Gasteiger partial charge in [0.2, 0.25) is 0 Å². The largest absolute Gasteiger partial charge is 0.397 e. The minimum atomic E-state index is -4.75. The number of nitrogens with zero attached hydrogens (tertiary/aromatic N) is 2. The lowest BCUT2D eigenvalue weighted by atomic mass is 10.1. The lowest BCUT2D eigenvalue weighted by Gasteiger charge is -2.13. The Morgan fingerprint density at radius 2 is 1.63 bits per heavy atom. The van der Waals surface area contributed by atoms with E-state index < -0.39 is 48.2 Å². The van der Waals surface area contributed by atoms with Crippen LogP contribution in [0.2, 0.25) is 0 Å². The van der Waals surface area contributed by atoms with E-state index in [1.165, 1.54) is 6.07 Å². The van der Waals surface area contributed by atoms with Gasteiger partial charge < -0.3 is 10.6 Å². The fraction of sp³-hybridized carbons (Fsp3) is 0.600. The van der Waals surface area contributed by atoms with E-state index in [0.29, 0.717) is 5.56 Å². The molecule has 1 heterocycles. The fourth-order valence-electron chi connectivity index (χ4n) is 2.39. The van der Waals surface area contributed by atoms with Crippen LogP contribution in [0.15, 0.2) is 6.07 Å². The molecular formula is C15H24N4O12S4. The number of nitriles is 1. The number of aryl methyl sites for hydroxylation is 1. The number of hydrogen-bond donors (Lipinski definition) is 4. The summed E-state index contributed by atoms with van der Waals surface area (Å²) in [5, 5.41) is 26.1. The molecule has 0 aliphatic heterocycles. The van der Waals surface area contributed by atoms with Gasteiger partial charge in [-0.15, -0.1) is 4.33 Å². The summed E-state index contributed by atoms with van der Waals surface area (Å²) in [5.41, 5.74) is 0.648. The average Bonchev–Trinajstić information content (AvgIpc) is 2.72. The molecule has 0 saturated carbocycles. The summed E-state index contributed by atoms with van der Waals surface area (Å²) in [5.74, 6) is -1.39. The molecule has 0 atom stereocenters. The smallest absolute Gasteiger partial charge is 0.369 e. The first-order valence-corrected chi connectivity index (χ1v) is 15.1. The zero-order chi connectivity index (χ0) is 26.5. The molecule has 16 nitrogen and oxygen atoms in total. The number of anilines is 2. The molecule has 0 saturated heterocycles. The molecule has 0 bridgehead atoms. The predicted octanol–water partition coefficient (Wildman–Crippen LogP) is -0.264. The van der Waals surface area contributed by atoms with E-state index >= 15 is 0 Å². The van der Waals surface area contributed by atoms with Crippen LogP contribution in [0.1, 0.15) is 11.1 Å². The van der Waals surface area contributed by atoms with Crippen molar-refractivity contribution in [2.24, 2.45) is 0 Å². The monoisotopic (exact) mass is 580 g/mol. The normalized spacial score (nSPS) is 12.3. The van der Waals surface area contributed by atoms with Gasteiger partial charge in [0.1, 0.15) is 17.7 Å². The van der Waals surface area contributed by atoms with Crippen molar-refractivity contribution < 1.29 is 52.8 Å². The molecule has 0 aliphatic carbocycles. The molecule has 0 amide bonds. The average molecular weight is 581 g/mol. The van der Waals surface area contributed by atoms with Gasteiger partial charge in [-0.1, -0.05) is 5.04 Å². The molecule has 0 radical (unpaired) electrons. The summed E-state index contributed by atoms with van der Waals surface area (Å²) in [6, 6.07) is 3.46. The molecule has 1 aromatic heterocycles. The highest BCUT2D eigenvalue weighted by atomic mass is 32.3. The predicted molar refractivity (Wildman–Crippen MR) is 124 cm³/mol. The highest BCUT2D eigenvalue weighted by molar-refractivity contribution is 7.91. The van der Waals surface area contributed by atoms with Gasteiger partial charge in [-0.05, 0) is 18.6 Å². The van der Waals surface area contributed by atoms with Crippen molar-refractivity contribution >= 4 is 54.0 Å². The zero-order valence-electron chi connectivity index (χ0n) is 18.2. The number of rotatable bonds is 18. The second-order valence-electron chi connectivity index (χ2n) is 6.60. The Morgan fingerprint density at radius 1 is 1.03 bits per heavy atom. The summed E-state index contributed by atoms with van der Waals surface area (Å²) in [4.78, 5) is 4.18. The van der Waals surface area contributed by atoms with Crippen LogP contribution >= 0.6 is 12.3 Å². The van der Waals surface area contributed by atoms with Crippen LogP contribution in [0.5, 0.6) is 0 Å². The molecule has 1 rings (SSSR count). The third-order valence-electron chi connectivity index (χ3n) is 3.96. The summed E-state index contributed by atoms with van der Waals surface area (Å²) in [6.07, 6.45) is 0. The van der Waals surface area contributed by atoms with Crippen molar-refractivity contribution in [2.45, 2.75) is 6.92 Å². The molecule has 4 N–H and O–H groups in total. The summed E-state index contributed by atoms with van der Waals surface area (Å²) in [7, 11) is -12.0. The van der Waals surface area contributed by atoms with Gasteiger partial charge in [-0.2, -0.15) is 13.7 Å². The Morgan fingerprint density at radius 3 is 2.20 bits per heavy atom. The third kappa shape index (κ3) is 13.8. The van der Waals surface area contributed by atoms with Gasteiger partial charge in [0.05, 0.1) is 41.8 Å². The van der Waals surface area contributed by atoms with Gasteiger partial charge >= 0.3 is 10.4 Å². The zero-order valence-corrected chi connectivity index (χ0v) is 21.5. The Balaban J connectivity index is 2.65. The lowest BCUT2D eigenvalue weighted by molar-refractivity contribution is -0.434. The van der Waals surface area contributed by atoms with Gasteiger partial charge in [0, 0.05) is 13.1 Å². The highest BCUT2D eigenvalue weighted by Crippen LogP contribution is 2.20. The molecule has 0 fully saturated rings. The van der Waals surface area contributed by atoms with E-state index in [1.54, 1.807) is 6.92 Å². The SMILES string of the molecule is Cc1cc(NCCS(=O)(=O)CCOSOOO)nc(NCCS(=O)(=O)CCOS(=O)(=O)O)c1C#N. The Labute approximate surface area is 207 Å². The van der Waals surface area contributed by atoms with Crippen molar-refractivity contribution in [3.63, 3.8) is 0 Å². The van der Waals surface area contributed by atoms with Gasteiger partial charge in [0.25, 0.3) is 0 Å². The molecule has 0 aliphatic rings. The lowest BCUT2D eigenvalue weighted by Crippen LogP contribution is -2.23. The third-order valence-corrected chi connectivity index (χ3v) is 8.04. The van der Waals surface area contributed by atoms with E-state index in [-0.39, 0.29) is 60.7 Å². The maximum atomic E-state index is 12.0. The van der Waals surface area contributed by atoms with E-state index in [0.717, 1.165) is 0 Å². The van der Waals surface area contributed by atoms with Gasteiger partial charge in [-0.25, -0.2) is 31.3 Å². The van der Waals surface area contributed by atoms with Crippen LogP contribution in [-0.4, -0.2) is 89.4 Å². The van der Waals surface area contributed by atoms with Crippen molar-refractivity contribution in [1.29, 1.82) is 5.26 Å². The highest BCUT2D eigenvalue weighted by Gasteiger charge is 2.16. The molecule has 0 aromatic carbocycles. The van der Waals surface area contributed by atoms with Crippen LogP contribution in [-0.2, 0) is 47.8 Å². The molecule has 200 valence electrons. The van der Waals surface area contributed by atoms with Crippen molar-refractivity contribution in [3.8, 4) is 6.07 Å². The van der Waals surface area contributed by atoms with Crippen LogP contribution in [0, 0.1) is 18.3 Å². The number of hydrogen-bond acceptors (Lipinski definition) is 16. The quantitative estimate of drug-likeness (QED) is 0.0574. The standard InChI is InChI=1S/C15H24N4O12S4/c1-12-10-14(17-2-6-33(21,22)8-4-28-32-31-30-20)19-15(13(12)11-16)18-3-7-34(23,24)9-5-29-35(25,26)27/h10,20H,2-9H2,1H3,(H2,17,18,19)(H,25,26,27). The molecule has 1 aromatic rings. The van der Waals surface area contributed by atoms with Crippen molar-refractivity contribution in [3.05, 3.63) is 17.2 Å². The minimum Gasteiger partial charge on any atom is -0.369 e. The van der Waals surface area contributed by atoms with Crippen LogP contribution in [0.3, 0.4) is 0 Å². The number of pyridine rings is 1. The molecule has 0 spiro atoms. The van der Waals surface area contributed by atoms with Crippen LogP contribution in [0.4, 0.5) is 11.6 Å². The fourth-order valence-corrected chi connectivity index (χ4v) is 5.02. The molecular weight excluding hydrogens is 556 g/mol. The summed E-state index contributed by atoms with van der Waals surface area (Å²) >= 11 is 0.260. The first-order chi connectivity index (χ1) is 16.3. The molecule has 20 heteroatoms. The Hall–Kier alpha value is -1.80. The van der Waals surface area contributed by atoms with E-state index in [2.05, 4.69) is 29.2 Å². The number of nitrogens with one attached hydrogen (secondary N) is 2. The minimum absolute atomic E-state index is 0.0222. The first-order valence-electron chi connectivity index (χ1n) is 9.47. The molecule has 35 heavy (non-hydrogen) atoms. The van der Waals surface area contributed by atoms with E-state index in [1.807, 2.05) is 6.07 Å². The van der Waals surface area contributed by atoms with Crippen molar-refractivity contribution in [1.82, 2.24) is 4.98 Å². The summed E-state index contributed by atoms with van der Waals surface area (Å²) in [6.45, 7) is 0.454. The maximum Gasteiger partial charge on any atom is 0.397 e. The molecule has 0 unspecified atom stereocenters. The number of aromatic nitrogens is 1. The van der Waals surface area contributed by atoms with Crippen molar-refractivity contribution in [2.75, 3.05) is 59.9 Å². The van der Waals surface area contributed by atoms with E-state index in [4.69, 9.17) is 14.0 Å². The van der Waals surface area contributed by atoms with Crippen LogP contribution in [0.25, 0.3) is 0 Å². The Bertz CT molecular complexity index is 1180. The Kier molecular flexibility index (Phi) is 13.1. The maximum absolute atomic E-state index is 12.0. The topological polar surface area (TPSA) is 241 Å². The van der Waals surface area contributed by atoms with Gasteiger partial charge in [-0.3, -0.25) is 8.74 Å². The van der Waals surface area contributed by atoms with E-state index in [9.17, 15) is 30.5 Å².